The SMILES string of the molecule is [2H]c1c([2H])c([2H])c(N(c2ccc3c(c2)oc2ccc(N(c4ccc(-c5ccccc5)cc4)c4ccc(-c5ccc6oc7ccccc7c6c5)cc4)cc23)c2c([2H])c([2H])c([2H])c([2H])c2[2H])c([2H])c1[2H]. The summed E-state index contributed by atoms with van der Waals surface area (Å²) in [6.07, 6.45) is 0. The standard InChI is InChI=1S/C54H36N2O2/c1-4-12-37(13-5-1)38-20-25-43(26-21-38)56(44-27-22-39(23-28-44)40-24-32-52-49(34-40)47-18-10-11-19-51(47)57-52)45-30-33-53-50(35-45)48-31-29-46(36-54(48)58-53)55(41-14-6-2-7-15-41)42-16-8-3-9-17-42/h1-36H/i2D,3D,6D,7D,8D,9D,14D,15D,16D,17D. The minimum absolute atomic E-state index is 0.147. The normalized spacial score (nSPS) is 13.9. The molecular weight excluding hydrogens is 709 g/mol. The molecule has 0 saturated carbocycles. The van der Waals surface area contributed by atoms with E-state index in [4.69, 9.17) is 22.5 Å². The predicted molar refractivity (Wildman–Crippen MR) is 241 cm³/mol. The fourth-order valence-corrected chi connectivity index (χ4v) is 7.70. The highest BCUT2D eigenvalue weighted by Gasteiger charge is 2.19. The van der Waals surface area contributed by atoms with Crippen molar-refractivity contribution in [2.75, 3.05) is 9.80 Å². The van der Waals surface area contributed by atoms with Crippen molar-refractivity contribution in [2.45, 2.75) is 0 Å². The van der Waals surface area contributed by atoms with E-state index in [0.29, 0.717) is 16.6 Å². The lowest BCUT2D eigenvalue weighted by Gasteiger charge is -2.26. The molecule has 0 aliphatic heterocycles. The second kappa shape index (κ2) is 14.0. The van der Waals surface area contributed by atoms with Crippen LogP contribution in [0.1, 0.15) is 13.7 Å². The molecule has 0 amide bonds. The van der Waals surface area contributed by atoms with E-state index in [1.165, 1.54) is 0 Å². The number of rotatable bonds is 8. The molecule has 0 spiro atoms. The summed E-state index contributed by atoms with van der Waals surface area (Å²) in [5.74, 6) is 0. The molecule has 11 aromatic rings. The Morgan fingerprint density at radius 3 is 1.43 bits per heavy atom. The molecule has 9 aromatic carbocycles. The van der Waals surface area contributed by atoms with Crippen molar-refractivity contribution < 1.29 is 22.5 Å². The molecule has 4 nitrogen and oxygen atoms in total. The molecule has 11 rings (SSSR count). The molecule has 0 fully saturated rings. The fourth-order valence-electron chi connectivity index (χ4n) is 7.70. The van der Waals surface area contributed by atoms with Gasteiger partial charge in [-0.1, -0.05) is 115 Å². The molecule has 0 radical (unpaired) electrons. The number of hydrogen-bond donors (Lipinski definition) is 0. The minimum atomic E-state index is -0.644. The van der Waals surface area contributed by atoms with Gasteiger partial charge in [0.25, 0.3) is 0 Å². The average Bonchev–Trinajstić information content (AvgIpc) is 3.94. The molecule has 58 heavy (non-hydrogen) atoms. The van der Waals surface area contributed by atoms with Crippen LogP contribution in [0.2, 0.25) is 0 Å². The average molecular weight is 755 g/mol. The smallest absolute Gasteiger partial charge is 0.137 e. The van der Waals surface area contributed by atoms with E-state index in [9.17, 15) is 0 Å². The van der Waals surface area contributed by atoms with Crippen LogP contribution in [-0.4, -0.2) is 0 Å². The molecule has 0 aliphatic carbocycles. The van der Waals surface area contributed by atoms with E-state index >= 15 is 0 Å². The molecule has 0 bridgehead atoms. The summed E-state index contributed by atoms with van der Waals surface area (Å²) in [5.41, 5.74) is 8.83. The predicted octanol–water partition coefficient (Wildman–Crippen LogP) is 15.8. The number of furan rings is 2. The van der Waals surface area contributed by atoms with E-state index in [-0.39, 0.29) is 17.1 Å². The molecule has 274 valence electrons. The maximum atomic E-state index is 8.87. The largest absolute Gasteiger partial charge is 0.456 e. The van der Waals surface area contributed by atoms with Crippen LogP contribution in [0.15, 0.2) is 227 Å². The van der Waals surface area contributed by atoms with Gasteiger partial charge >= 0.3 is 0 Å². The van der Waals surface area contributed by atoms with Gasteiger partial charge in [0.1, 0.15) is 22.3 Å². The lowest BCUT2D eigenvalue weighted by Crippen LogP contribution is -2.09. The second-order valence-electron chi connectivity index (χ2n) is 13.8. The Kier molecular flexibility index (Phi) is 5.96. The summed E-state index contributed by atoms with van der Waals surface area (Å²) in [4.78, 5) is 3.29. The van der Waals surface area contributed by atoms with Crippen LogP contribution >= 0.6 is 0 Å². The van der Waals surface area contributed by atoms with E-state index < -0.39 is 60.4 Å². The van der Waals surface area contributed by atoms with Gasteiger partial charge in [-0.2, -0.15) is 0 Å². The summed E-state index contributed by atoms with van der Waals surface area (Å²) < 4.78 is 98.3. The molecule has 0 aliphatic rings. The van der Waals surface area contributed by atoms with Crippen molar-refractivity contribution in [3.63, 3.8) is 0 Å². The van der Waals surface area contributed by atoms with E-state index in [0.717, 1.165) is 71.5 Å². The number of benzene rings is 9. The van der Waals surface area contributed by atoms with Gasteiger partial charge in [0, 0.05) is 61.7 Å². The Morgan fingerprint density at radius 2 is 0.741 bits per heavy atom. The Labute approximate surface area is 350 Å². The van der Waals surface area contributed by atoms with Crippen molar-refractivity contribution in [1.29, 1.82) is 0 Å². The summed E-state index contributed by atoms with van der Waals surface area (Å²) in [7, 11) is 0. The van der Waals surface area contributed by atoms with Crippen molar-refractivity contribution in [3.8, 4) is 22.3 Å². The van der Waals surface area contributed by atoms with Crippen molar-refractivity contribution >= 4 is 78.0 Å². The second-order valence-corrected chi connectivity index (χ2v) is 13.8. The number of fused-ring (bicyclic) bond motifs is 6. The van der Waals surface area contributed by atoms with E-state index in [2.05, 4.69) is 83.8 Å². The van der Waals surface area contributed by atoms with Gasteiger partial charge in [-0.25, -0.2) is 0 Å². The van der Waals surface area contributed by atoms with Crippen molar-refractivity contribution in [1.82, 2.24) is 0 Å². The molecule has 0 saturated heterocycles. The summed E-state index contributed by atoms with van der Waals surface area (Å²) in [6.45, 7) is 0. The zero-order valence-electron chi connectivity index (χ0n) is 40.7. The number of para-hydroxylation sites is 3. The van der Waals surface area contributed by atoms with Gasteiger partial charge in [-0.05, 0) is 119 Å². The third kappa shape index (κ3) is 5.96. The third-order valence-corrected chi connectivity index (χ3v) is 10.4. The van der Waals surface area contributed by atoms with Crippen LogP contribution in [0.5, 0.6) is 0 Å². The van der Waals surface area contributed by atoms with Crippen LogP contribution in [-0.2, 0) is 0 Å². The van der Waals surface area contributed by atoms with Crippen LogP contribution < -0.4 is 9.80 Å². The highest BCUT2D eigenvalue weighted by atomic mass is 16.3. The quantitative estimate of drug-likeness (QED) is 0.155. The van der Waals surface area contributed by atoms with Gasteiger partial charge in [0.2, 0.25) is 0 Å². The minimum Gasteiger partial charge on any atom is -0.456 e. The molecule has 0 N–H and O–H groups in total. The monoisotopic (exact) mass is 754 g/mol. The Bertz CT molecular complexity index is 3690. The highest BCUT2D eigenvalue weighted by molar-refractivity contribution is 6.08. The Morgan fingerprint density at radius 1 is 0.293 bits per heavy atom. The summed E-state index contributed by atoms with van der Waals surface area (Å²) in [5, 5.41) is 3.55. The van der Waals surface area contributed by atoms with Gasteiger partial charge < -0.3 is 18.6 Å². The molecule has 2 heterocycles. The van der Waals surface area contributed by atoms with Crippen molar-refractivity contribution in [3.05, 3.63) is 218 Å². The number of hydrogen-bond acceptors (Lipinski definition) is 4. The van der Waals surface area contributed by atoms with Gasteiger partial charge in [0.05, 0.1) is 13.7 Å². The summed E-state index contributed by atoms with van der Waals surface area (Å²) in [6, 6.07) is 45.7. The van der Waals surface area contributed by atoms with Crippen LogP contribution in [0.3, 0.4) is 0 Å². The van der Waals surface area contributed by atoms with E-state index in [1.807, 2.05) is 60.7 Å². The maximum Gasteiger partial charge on any atom is 0.137 e. The Hall–Kier alpha value is -7.82. The lowest BCUT2D eigenvalue weighted by molar-refractivity contribution is 0.668. The first-order valence-corrected chi connectivity index (χ1v) is 18.8. The molecule has 0 atom stereocenters. The molecule has 0 unspecified atom stereocenters. The number of anilines is 6. The van der Waals surface area contributed by atoms with Gasteiger partial charge in [-0.3, -0.25) is 0 Å². The molecule has 2 aromatic heterocycles. The lowest BCUT2D eigenvalue weighted by atomic mass is 10.0. The first-order chi connectivity index (χ1) is 32.9. The highest BCUT2D eigenvalue weighted by Crippen LogP contribution is 2.42. The van der Waals surface area contributed by atoms with Crippen LogP contribution in [0.25, 0.3) is 66.1 Å². The fraction of sp³-hybridized carbons (Fsp3) is 0. The van der Waals surface area contributed by atoms with Crippen molar-refractivity contribution in [2.24, 2.45) is 0 Å². The first kappa shape index (κ1) is 24.6. The van der Waals surface area contributed by atoms with E-state index in [1.54, 1.807) is 18.2 Å². The third-order valence-electron chi connectivity index (χ3n) is 10.4. The first-order valence-electron chi connectivity index (χ1n) is 23.8. The Balaban J connectivity index is 1.04. The van der Waals surface area contributed by atoms with Crippen LogP contribution in [0.4, 0.5) is 34.1 Å². The van der Waals surface area contributed by atoms with Gasteiger partial charge in [-0.15, -0.1) is 0 Å². The zero-order chi connectivity index (χ0) is 47.1. The molecule has 4 heteroatoms. The molecular formula is C54H36N2O2. The maximum absolute atomic E-state index is 8.87. The topological polar surface area (TPSA) is 32.8 Å². The van der Waals surface area contributed by atoms with Gasteiger partial charge in [0.15, 0.2) is 0 Å². The number of nitrogens with zero attached hydrogens (tertiary/aromatic N) is 2. The zero-order valence-corrected chi connectivity index (χ0v) is 30.7. The van der Waals surface area contributed by atoms with Crippen LogP contribution in [0, 0.1) is 0 Å². The summed E-state index contributed by atoms with van der Waals surface area (Å²) >= 11 is 0.